The second-order valence-corrected chi connectivity index (χ2v) is 8.14. The third-order valence-electron chi connectivity index (χ3n) is 5.75. The minimum absolute atomic E-state index is 0.230. The number of anilines is 1. The molecule has 1 amide bonds. The fourth-order valence-electron chi connectivity index (χ4n) is 3.67. The summed E-state index contributed by atoms with van der Waals surface area (Å²) in [5.74, 6) is 0.324. The topological polar surface area (TPSA) is 107 Å². The molecule has 170 valence electrons. The Morgan fingerprint density at radius 1 is 1.03 bits per heavy atom. The van der Waals surface area contributed by atoms with Crippen LogP contribution in [0.5, 0.6) is 0 Å². The molecule has 0 aliphatic carbocycles. The van der Waals surface area contributed by atoms with Gasteiger partial charge >= 0.3 is 5.69 Å². The van der Waals surface area contributed by atoms with E-state index in [2.05, 4.69) is 20.6 Å². The van der Waals surface area contributed by atoms with Crippen LogP contribution in [-0.2, 0) is 11.3 Å². The molecular formula is C25H22N6O3. The highest BCUT2D eigenvalue weighted by Crippen LogP contribution is 2.25. The van der Waals surface area contributed by atoms with Gasteiger partial charge < -0.3 is 9.84 Å². The predicted molar refractivity (Wildman–Crippen MR) is 127 cm³/mol. The van der Waals surface area contributed by atoms with Crippen LogP contribution in [0.25, 0.3) is 28.5 Å². The SMILES string of the molecule is Cc1ccc(-c2noc(-c3cccn4c(=O)n(CC(=O)Nc5cccc(C)c5C)nc34)n2)cc1. The predicted octanol–water partition coefficient (Wildman–Crippen LogP) is 3.78. The largest absolute Gasteiger partial charge is 0.350 e. The van der Waals surface area contributed by atoms with E-state index in [4.69, 9.17) is 4.52 Å². The van der Waals surface area contributed by atoms with Crippen molar-refractivity contribution in [2.75, 3.05) is 5.32 Å². The highest BCUT2D eigenvalue weighted by Gasteiger charge is 2.19. The first-order valence-electron chi connectivity index (χ1n) is 10.8. The molecule has 0 aliphatic rings. The smallest absolute Gasteiger partial charge is 0.333 e. The summed E-state index contributed by atoms with van der Waals surface area (Å²) in [6, 6.07) is 16.9. The Labute approximate surface area is 194 Å². The molecular weight excluding hydrogens is 432 g/mol. The minimum Gasteiger partial charge on any atom is -0.333 e. The van der Waals surface area contributed by atoms with E-state index in [1.807, 2.05) is 63.2 Å². The maximum atomic E-state index is 12.9. The van der Waals surface area contributed by atoms with Crippen LogP contribution in [-0.4, -0.2) is 30.2 Å². The molecule has 5 rings (SSSR count). The summed E-state index contributed by atoms with van der Waals surface area (Å²) >= 11 is 0. The van der Waals surface area contributed by atoms with Crippen LogP contribution in [0.3, 0.4) is 0 Å². The highest BCUT2D eigenvalue weighted by molar-refractivity contribution is 5.91. The van der Waals surface area contributed by atoms with E-state index in [9.17, 15) is 9.59 Å². The molecule has 0 bridgehead atoms. The lowest BCUT2D eigenvalue weighted by Gasteiger charge is -2.09. The van der Waals surface area contributed by atoms with E-state index in [1.165, 1.54) is 4.40 Å². The van der Waals surface area contributed by atoms with Crippen LogP contribution in [0.15, 0.2) is 70.1 Å². The van der Waals surface area contributed by atoms with Gasteiger partial charge in [-0.05, 0) is 50.1 Å². The summed E-state index contributed by atoms with van der Waals surface area (Å²) in [6.45, 7) is 5.68. The number of hydrogen-bond donors (Lipinski definition) is 1. The Kier molecular flexibility index (Phi) is 5.29. The van der Waals surface area contributed by atoms with Gasteiger partial charge in [0.1, 0.15) is 6.54 Å². The molecule has 3 aromatic heterocycles. The standard InChI is InChI=1S/C25H22N6O3/c1-15-9-11-18(12-10-15)22-27-24(34-29-22)19-7-5-13-30-23(19)28-31(25(30)33)14-21(32)26-20-8-4-6-16(2)17(20)3/h4-13H,14H2,1-3H3,(H,26,32). The van der Waals surface area contributed by atoms with Crippen molar-refractivity contribution in [2.45, 2.75) is 27.3 Å². The Balaban J connectivity index is 1.45. The van der Waals surface area contributed by atoms with Crippen LogP contribution in [0.2, 0.25) is 0 Å². The molecule has 0 fully saturated rings. The maximum absolute atomic E-state index is 12.9. The van der Waals surface area contributed by atoms with Gasteiger partial charge in [-0.3, -0.25) is 4.79 Å². The zero-order chi connectivity index (χ0) is 23.8. The lowest BCUT2D eigenvalue weighted by Crippen LogP contribution is -2.28. The van der Waals surface area contributed by atoms with Crippen LogP contribution in [0.1, 0.15) is 16.7 Å². The molecule has 0 unspecified atom stereocenters. The van der Waals surface area contributed by atoms with Crippen molar-refractivity contribution in [3.05, 3.63) is 88.0 Å². The molecule has 0 atom stereocenters. The molecule has 9 nitrogen and oxygen atoms in total. The second-order valence-electron chi connectivity index (χ2n) is 8.14. The van der Waals surface area contributed by atoms with Crippen molar-refractivity contribution in [3.8, 4) is 22.8 Å². The molecule has 0 spiro atoms. The zero-order valence-electron chi connectivity index (χ0n) is 18.9. The summed E-state index contributed by atoms with van der Waals surface area (Å²) in [5.41, 5.74) is 5.08. The van der Waals surface area contributed by atoms with Gasteiger partial charge in [0.25, 0.3) is 5.89 Å². The van der Waals surface area contributed by atoms with Crippen LogP contribution >= 0.6 is 0 Å². The van der Waals surface area contributed by atoms with Crippen molar-refractivity contribution in [1.29, 1.82) is 0 Å². The number of pyridine rings is 1. The Morgan fingerprint density at radius 3 is 2.62 bits per heavy atom. The van der Waals surface area contributed by atoms with Crippen molar-refractivity contribution >= 4 is 17.2 Å². The number of nitrogens with zero attached hydrogens (tertiary/aromatic N) is 5. The van der Waals surface area contributed by atoms with E-state index in [0.29, 0.717) is 22.7 Å². The monoisotopic (exact) mass is 454 g/mol. The molecule has 1 N–H and O–H groups in total. The van der Waals surface area contributed by atoms with Gasteiger partial charge in [0.2, 0.25) is 11.7 Å². The van der Waals surface area contributed by atoms with E-state index in [0.717, 1.165) is 26.9 Å². The average molecular weight is 454 g/mol. The number of benzene rings is 2. The fraction of sp³-hybridized carbons (Fsp3) is 0.160. The first-order valence-corrected chi connectivity index (χ1v) is 10.8. The second kappa shape index (κ2) is 8.43. The first-order chi connectivity index (χ1) is 16.4. The number of amides is 1. The molecule has 0 saturated heterocycles. The van der Waals surface area contributed by atoms with Crippen LogP contribution < -0.4 is 11.0 Å². The number of aromatic nitrogens is 5. The van der Waals surface area contributed by atoms with Gasteiger partial charge in [-0.15, -0.1) is 5.10 Å². The number of nitrogens with one attached hydrogen (secondary N) is 1. The average Bonchev–Trinajstić information content (AvgIpc) is 3.43. The minimum atomic E-state index is -0.439. The van der Waals surface area contributed by atoms with Gasteiger partial charge in [0.05, 0.1) is 5.56 Å². The van der Waals surface area contributed by atoms with E-state index in [1.54, 1.807) is 18.3 Å². The Hall–Kier alpha value is -4.53. The van der Waals surface area contributed by atoms with Gasteiger partial charge in [-0.2, -0.15) is 4.98 Å². The summed E-state index contributed by atoms with van der Waals surface area (Å²) in [4.78, 5) is 30.0. The summed E-state index contributed by atoms with van der Waals surface area (Å²) < 4.78 is 7.95. The Bertz CT molecular complexity index is 1580. The van der Waals surface area contributed by atoms with E-state index in [-0.39, 0.29) is 18.3 Å². The van der Waals surface area contributed by atoms with Gasteiger partial charge in [0, 0.05) is 17.4 Å². The molecule has 0 aliphatic heterocycles. The molecule has 0 radical (unpaired) electrons. The third kappa shape index (κ3) is 3.88. The summed E-state index contributed by atoms with van der Waals surface area (Å²) in [6.07, 6.45) is 1.59. The van der Waals surface area contributed by atoms with E-state index < -0.39 is 5.69 Å². The summed E-state index contributed by atoms with van der Waals surface area (Å²) in [5, 5.41) is 11.3. The normalized spacial score (nSPS) is 11.1. The third-order valence-corrected chi connectivity index (χ3v) is 5.75. The molecule has 34 heavy (non-hydrogen) atoms. The molecule has 3 heterocycles. The van der Waals surface area contributed by atoms with Crippen molar-refractivity contribution in [2.24, 2.45) is 0 Å². The molecule has 9 heteroatoms. The van der Waals surface area contributed by atoms with E-state index >= 15 is 0 Å². The first kappa shape index (κ1) is 21.3. The number of fused-ring (bicyclic) bond motifs is 1. The number of rotatable bonds is 5. The van der Waals surface area contributed by atoms with Crippen LogP contribution in [0, 0.1) is 20.8 Å². The molecule has 5 aromatic rings. The Morgan fingerprint density at radius 2 is 1.82 bits per heavy atom. The number of hydrogen-bond acceptors (Lipinski definition) is 6. The zero-order valence-corrected chi connectivity index (χ0v) is 18.9. The number of carbonyl (C=O) groups excluding carboxylic acids is 1. The molecule has 0 saturated carbocycles. The van der Waals surface area contributed by atoms with Crippen molar-refractivity contribution in [3.63, 3.8) is 0 Å². The summed E-state index contributed by atoms with van der Waals surface area (Å²) in [7, 11) is 0. The maximum Gasteiger partial charge on any atom is 0.350 e. The number of aryl methyl sites for hydroxylation is 2. The number of carbonyl (C=O) groups is 1. The lowest BCUT2D eigenvalue weighted by atomic mass is 10.1. The lowest BCUT2D eigenvalue weighted by molar-refractivity contribution is -0.117. The van der Waals surface area contributed by atoms with Crippen molar-refractivity contribution < 1.29 is 9.32 Å². The molecule has 2 aromatic carbocycles. The van der Waals surface area contributed by atoms with Gasteiger partial charge in [-0.1, -0.05) is 47.1 Å². The quantitative estimate of drug-likeness (QED) is 0.433. The highest BCUT2D eigenvalue weighted by atomic mass is 16.5. The van der Waals surface area contributed by atoms with Crippen molar-refractivity contribution in [1.82, 2.24) is 24.3 Å². The van der Waals surface area contributed by atoms with Crippen LogP contribution in [0.4, 0.5) is 5.69 Å². The van der Waals surface area contributed by atoms with Gasteiger partial charge in [0.15, 0.2) is 5.65 Å². The fourth-order valence-corrected chi connectivity index (χ4v) is 3.67. The van der Waals surface area contributed by atoms with Gasteiger partial charge in [-0.25, -0.2) is 13.9 Å².